The lowest BCUT2D eigenvalue weighted by Crippen LogP contribution is -2.42. The Bertz CT molecular complexity index is 1360. The molecule has 2 aromatic heterocycles. The molecule has 5 rings (SSSR count). The third-order valence-electron chi connectivity index (χ3n) is 5.87. The first-order chi connectivity index (χ1) is 14.9. The molecule has 7 heteroatoms. The molecule has 0 unspecified atom stereocenters. The molecular weight excluding hydrogens is 454 g/mol. The zero-order valence-electron chi connectivity index (χ0n) is 16.9. The van der Waals surface area contributed by atoms with Crippen LogP contribution in [0.1, 0.15) is 31.4 Å². The van der Waals surface area contributed by atoms with Crippen LogP contribution in [-0.2, 0) is 0 Å². The first kappa shape index (κ1) is 19.7. The van der Waals surface area contributed by atoms with Crippen LogP contribution in [0.15, 0.2) is 59.1 Å². The first-order valence-electron chi connectivity index (χ1n) is 10.0. The monoisotopic (exact) mass is 473 g/mol. The van der Waals surface area contributed by atoms with E-state index in [0.29, 0.717) is 29.9 Å². The number of hydrogen-bond donors (Lipinski definition) is 2. The maximum atomic E-state index is 10.1. The second-order valence-electron chi connectivity index (χ2n) is 8.31. The fraction of sp³-hybridized carbons (Fsp3) is 0.208. The fourth-order valence-electron chi connectivity index (χ4n) is 4.25. The number of anilines is 1. The zero-order valence-corrected chi connectivity index (χ0v) is 18.5. The van der Waals surface area contributed by atoms with Crippen molar-refractivity contribution >= 4 is 32.7 Å². The molecule has 0 radical (unpaired) electrons. The molecule has 2 aromatic carbocycles. The van der Waals surface area contributed by atoms with E-state index in [9.17, 15) is 10.4 Å². The predicted molar refractivity (Wildman–Crippen MR) is 124 cm³/mol. The van der Waals surface area contributed by atoms with E-state index in [2.05, 4.69) is 27.1 Å². The average molecular weight is 474 g/mol. The molecule has 0 aliphatic heterocycles. The van der Waals surface area contributed by atoms with Crippen molar-refractivity contribution in [3.05, 3.63) is 64.6 Å². The Kier molecular flexibility index (Phi) is 4.58. The normalized spacial score (nSPS) is 20.4. The topological polar surface area (TPSA) is 101 Å². The lowest BCUT2D eigenvalue weighted by Gasteiger charge is -2.41. The Morgan fingerprint density at radius 1 is 1.19 bits per heavy atom. The van der Waals surface area contributed by atoms with Gasteiger partial charge in [-0.15, -0.1) is 0 Å². The summed E-state index contributed by atoms with van der Waals surface area (Å²) in [5.41, 5.74) is 9.93. The number of nitrogens with two attached hydrogens (primary N) is 1. The summed E-state index contributed by atoms with van der Waals surface area (Å²) < 4.78 is 2.66. The van der Waals surface area contributed by atoms with Crippen LogP contribution in [0.4, 0.5) is 5.82 Å². The molecule has 6 nitrogen and oxygen atoms in total. The van der Waals surface area contributed by atoms with E-state index in [0.717, 1.165) is 32.2 Å². The second kappa shape index (κ2) is 7.19. The maximum Gasteiger partial charge on any atom is 0.140 e. The lowest BCUT2D eigenvalue weighted by atomic mass is 9.77. The van der Waals surface area contributed by atoms with Gasteiger partial charge in [0.2, 0.25) is 0 Å². The summed E-state index contributed by atoms with van der Waals surface area (Å²) in [6.07, 6.45) is 1.13. The molecule has 0 atom stereocenters. The van der Waals surface area contributed by atoms with Crippen LogP contribution in [0.2, 0.25) is 0 Å². The number of aliphatic hydroxyl groups is 1. The summed E-state index contributed by atoms with van der Waals surface area (Å²) in [7, 11) is 0. The highest BCUT2D eigenvalue weighted by Crippen LogP contribution is 2.43. The number of hydrogen-bond acceptors (Lipinski definition) is 5. The second-order valence-corrected chi connectivity index (χ2v) is 9.16. The molecule has 0 amide bonds. The molecule has 2 heterocycles. The van der Waals surface area contributed by atoms with Gasteiger partial charge in [0.1, 0.15) is 23.1 Å². The van der Waals surface area contributed by atoms with E-state index in [4.69, 9.17) is 10.7 Å². The van der Waals surface area contributed by atoms with Gasteiger partial charge in [-0.25, -0.2) is 9.67 Å². The van der Waals surface area contributed by atoms with E-state index in [1.54, 1.807) is 11.6 Å². The van der Waals surface area contributed by atoms with Gasteiger partial charge in [0.15, 0.2) is 0 Å². The number of halogens is 1. The summed E-state index contributed by atoms with van der Waals surface area (Å²) >= 11 is 3.59. The highest BCUT2D eigenvalue weighted by atomic mass is 79.9. The Hall–Kier alpha value is -3.21. The van der Waals surface area contributed by atoms with Crippen molar-refractivity contribution < 1.29 is 5.11 Å². The zero-order chi connectivity index (χ0) is 21.8. The van der Waals surface area contributed by atoms with Crippen molar-refractivity contribution in [2.24, 2.45) is 0 Å². The Balaban J connectivity index is 1.59. The molecule has 154 valence electrons. The molecule has 1 aliphatic rings. The highest BCUT2D eigenvalue weighted by molar-refractivity contribution is 9.10. The van der Waals surface area contributed by atoms with E-state index >= 15 is 0 Å². The van der Waals surface area contributed by atoms with Crippen molar-refractivity contribution in [3.63, 3.8) is 0 Å². The summed E-state index contributed by atoms with van der Waals surface area (Å²) in [6, 6.07) is 20.1. The number of nitriles is 1. The molecule has 0 spiro atoms. The van der Waals surface area contributed by atoms with Crippen LogP contribution in [0.5, 0.6) is 0 Å². The first-order valence-corrected chi connectivity index (χ1v) is 10.8. The largest absolute Gasteiger partial charge is 0.390 e. The van der Waals surface area contributed by atoms with Gasteiger partial charge in [0.25, 0.3) is 0 Å². The Morgan fingerprint density at radius 2 is 1.94 bits per heavy atom. The molecule has 31 heavy (non-hydrogen) atoms. The van der Waals surface area contributed by atoms with Gasteiger partial charge in [-0.3, -0.25) is 0 Å². The summed E-state index contributed by atoms with van der Waals surface area (Å²) in [6.45, 7) is 1.80. The van der Waals surface area contributed by atoms with E-state index in [1.165, 1.54) is 0 Å². The third-order valence-corrected chi connectivity index (χ3v) is 6.56. The van der Waals surface area contributed by atoms with Crippen LogP contribution >= 0.6 is 15.9 Å². The molecule has 1 saturated carbocycles. The Labute approximate surface area is 188 Å². The molecule has 0 saturated heterocycles. The average Bonchev–Trinajstić information content (AvgIpc) is 3.07. The van der Waals surface area contributed by atoms with Crippen molar-refractivity contribution in [1.82, 2.24) is 14.8 Å². The standard InChI is InChI=1S/C24H20BrN5O/c1-24(31)11-16(12-24)30-23(27)18(13-26)22(29-30)15-7-6-14-8-9-20(28-21(14)10-15)17-4-2-3-5-19(17)25/h2-10,16,31H,11-12,27H2,1H3. The molecule has 1 fully saturated rings. The van der Waals surface area contributed by atoms with Gasteiger partial charge in [-0.05, 0) is 38.0 Å². The van der Waals surface area contributed by atoms with Crippen molar-refractivity contribution in [1.29, 1.82) is 5.26 Å². The van der Waals surface area contributed by atoms with Crippen LogP contribution in [0.25, 0.3) is 33.4 Å². The third kappa shape index (κ3) is 3.38. The fourth-order valence-corrected chi connectivity index (χ4v) is 4.74. The molecule has 1 aliphatic carbocycles. The van der Waals surface area contributed by atoms with Gasteiger partial charge in [-0.1, -0.05) is 52.3 Å². The molecule has 3 N–H and O–H groups in total. The summed E-state index contributed by atoms with van der Waals surface area (Å²) in [5, 5.41) is 25.5. The van der Waals surface area contributed by atoms with Gasteiger partial charge in [0, 0.05) is 21.0 Å². The number of aromatic nitrogens is 3. The van der Waals surface area contributed by atoms with Gasteiger partial charge >= 0.3 is 0 Å². The van der Waals surface area contributed by atoms with Crippen molar-refractivity contribution in [2.75, 3.05) is 5.73 Å². The van der Waals surface area contributed by atoms with Crippen LogP contribution in [0, 0.1) is 11.3 Å². The predicted octanol–water partition coefficient (Wildman–Crippen LogP) is 5.07. The van der Waals surface area contributed by atoms with Gasteiger partial charge < -0.3 is 10.8 Å². The summed E-state index contributed by atoms with van der Waals surface area (Å²) in [5.74, 6) is 0.341. The lowest BCUT2D eigenvalue weighted by molar-refractivity contribution is -0.0535. The number of pyridine rings is 1. The van der Waals surface area contributed by atoms with Crippen molar-refractivity contribution in [2.45, 2.75) is 31.4 Å². The van der Waals surface area contributed by atoms with Crippen molar-refractivity contribution in [3.8, 4) is 28.6 Å². The van der Waals surface area contributed by atoms with Gasteiger partial charge in [-0.2, -0.15) is 10.4 Å². The highest BCUT2D eigenvalue weighted by Gasteiger charge is 2.41. The van der Waals surface area contributed by atoms with Crippen LogP contribution < -0.4 is 5.73 Å². The smallest absolute Gasteiger partial charge is 0.140 e. The number of fused-ring (bicyclic) bond motifs is 1. The maximum absolute atomic E-state index is 10.1. The van der Waals surface area contributed by atoms with Crippen LogP contribution in [0.3, 0.4) is 0 Å². The molecular formula is C24H20BrN5O. The molecule has 0 bridgehead atoms. The number of nitrogen functional groups attached to an aromatic ring is 1. The van der Waals surface area contributed by atoms with E-state index in [1.807, 2.05) is 54.6 Å². The minimum absolute atomic E-state index is 0.00327. The van der Waals surface area contributed by atoms with E-state index in [-0.39, 0.29) is 6.04 Å². The SMILES string of the molecule is CC1(O)CC(n2nc(-c3ccc4ccc(-c5ccccc5Br)nc4c3)c(C#N)c2N)C1. The quantitative estimate of drug-likeness (QED) is 0.432. The minimum atomic E-state index is -0.703. The summed E-state index contributed by atoms with van der Waals surface area (Å²) in [4.78, 5) is 4.85. The number of benzene rings is 2. The molecule has 4 aromatic rings. The van der Waals surface area contributed by atoms with Gasteiger partial charge in [0.05, 0.1) is 22.9 Å². The minimum Gasteiger partial charge on any atom is -0.390 e. The Morgan fingerprint density at radius 3 is 2.65 bits per heavy atom. The van der Waals surface area contributed by atoms with Crippen LogP contribution in [-0.4, -0.2) is 25.5 Å². The number of rotatable bonds is 3. The number of nitrogens with zero attached hydrogens (tertiary/aromatic N) is 4. The van der Waals surface area contributed by atoms with E-state index < -0.39 is 5.60 Å².